The molecule has 0 fully saturated rings. The fraction of sp³-hybridized carbons (Fsp3) is 0.882. The third kappa shape index (κ3) is 11.7. The fourth-order valence-electron chi connectivity index (χ4n) is 2.56. The van der Waals surface area contributed by atoms with Crippen LogP contribution in [0.3, 0.4) is 0 Å². The Balaban J connectivity index is 1.74. The Bertz CT molecular complexity index is 401. The van der Waals surface area contributed by atoms with Crippen LogP contribution in [-0.2, 0) is 0 Å². The van der Waals surface area contributed by atoms with Gasteiger partial charge in [-0.1, -0.05) is 107 Å². The van der Waals surface area contributed by atoms with Crippen molar-refractivity contribution in [3.05, 3.63) is 3.95 Å². The van der Waals surface area contributed by atoms with Crippen LogP contribution < -0.4 is 0 Å². The van der Waals surface area contributed by atoms with Crippen LogP contribution in [0.15, 0.2) is 4.34 Å². The van der Waals surface area contributed by atoms with Gasteiger partial charge in [0.05, 0.1) is 0 Å². The summed E-state index contributed by atoms with van der Waals surface area (Å²) in [6.45, 7) is 2.28. The monoisotopic (exact) mass is 360 g/mol. The molecule has 1 aromatic rings. The lowest BCUT2D eigenvalue weighted by molar-refractivity contribution is 0.543. The molecule has 1 rings (SSSR count). The first-order valence-corrected chi connectivity index (χ1v) is 11.2. The number of hydrogen-bond acceptors (Lipinski definition) is 4. The van der Waals surface area contributed by atoms with Crippen molar-refractivity contribution in [3.63, 3.8) is 0 Å². The number of hydrogen-bond donors (Lipinski definition) is 1. The molecule has 0 radical (unpaired) electrons. The van der Waals surface area contributed by atoms with Crippen molar-refractivity contribution in [2.75, 3.05) is 5.75 Å². The van der Waals surface area contributed by atoms with Crippen molar-refractivity contribution in [3.8, 4) is 0 Å². The molecule has 1 heterocycles. The summed E-state index contributed by atoms with van der Waals surface area (Å²) >= 11 is 8.44. The highest BCUT2D eigenvalue weighted by Crippen LogP contribution is 2.22. The first-order valence-electron chi connectivity index (χ1n) is 9.01. The van der Waals surface area contributed by atoms with Gasteiger partial charge in [-0.3, -0.25) is 5.10 Å². The maximum absolute atomic E-state index is 5.03. The molecule has 0 saturated heterocycles. The molecule has 0 aliphatic heterocycles. The number of nitrogens with one attached hydrogen (secondary N) is 1. The molecule has 0 aliphatic rings. The lowest BCUT2D eigenvalue weighted by Gasteiger charge is -2.02. The van der Waals surface area contributed by atoms with Gasteiger partial charge in [0.2, 0.25) is 0 Å². The topological polar surface area (TPSA) is 28.7 Å². The summed E-state index contributed by atoms with van der Waals surface area (Å²) < 4.78 is 1.87. The van der Waals surface area contributed by atoms with Crippen molar-refractivity contribution in [2.45, 2.75) is 94.7 Å². The SMILES string of the molecule is CCCCCCCCCCCCCCCSc1n[nH]c(=S)s1. The predicted molar refractivity (Wildman–Crippen MR) is 104 cm³/mol. The Kier molecular flexibility index (Phi) is 13.5. The van der Waals surface area contributed by atoms with Crippen LogP contribution in [0.2, 0.25) is 0 Å². The first-order chi connectivity index (χ1) is 10.8. The van der Waals surface area contributed by atoms with E-state index in [9.17, 15) is 0 Å². The molecule has 128 valence electrons. The molecule has 22 heavy (non-hydrogen) atoms. The zero-order valence-electron chi connectivity index (χ0n) is 14.1. The largest absolute Gasteiger partial charge is 0.257 e. The molecule has 0 unspecified atom stereocenters. The average molecular weight is 361 g/mol. The van der Waals surface area contributed by atoms with E-state index in [0.717, 1.165) is 8.29 Å². The molecule has 0 amide bonds. The van der Waals surface area contributed by atoms with Gasteiger partial charge >= 0.3 is 0 Å². The Hall–Kier alpha value is 0.130. The van der Waals surface area contributed by atoms with E-state index in [1.165, 1.54) is 89.2 Å². The van der Waals surface area contributed by atoms with Crippen LogP contribution in [0.1, 0.15) is 90.4 Å². The molecule has 0 aromatic carbocycles. The van der Waals surface area contributed by atoms with Gasteiger partial charge in [0, 0.05) is 5.75 Å². The quantitative estimate of drug-likeness (QED) is 0.201. The Morgan fingerprint density at radius 2 is 1.36 bits per heavy atom. The number of H-pyrrole nitrogens is 1. The van der Waals surface area contributed by atoms with E-state index < -0.39 is 0 Å². The van der Waals surface area contributed by atoms with E-state index in [1.807, 2.05) is 11.8 Å². The van der Waals surface area contributed by atoms with Crippen LogP contribution in [0.25, 0.3) is 0 Å². The predicted octanol–water partition coefficient (Wildman–Crippen LogP) is 7.38. The summed E-state index contributed by atoms with van der Waals surface area (Å²) in [6.07, 6.45) is 18.4. The maximum Gasteiger partial charge on any atom is 0.177 e. The molecule has 0 aliphatic carbocycles. The van der Waals surface area contributed by atoms with E-state index in [0.29, 0.717) is 0 Å². The number of aromatic nitrogens is 2. The highest BCUT2D eigenvalue weighted by molar-refractivity contribution is 8.01. The minimum atomic E-state index is 0.785. The van der Waals surface area contributed by atoms with Gasteiger partial charge in [-0.2, -0.15) is 5.10 Å². The molecule has 0 saturated carbocycles. The van der Waals surface area contributed by atoms with Crippen LogP contribution in [-0.4, -0.2) is 16.0 Å². The lowest BCUT2D eigenvalue weighted by atomic mass is 10.1. The minimum Gasteiger partial charge on any atom is -0.257 e. The minimum absolute atomic E-state index is 0.785. The van der Waals surface area contributed by atoms with E-state index in [1.54, 1.807) is 11.3 Å². The second-order valence-electron chi connectivity index (χ2n) is 5.97. The van der Waals surface area contributed by atoms with Crippen molar-refractivity contribution < 1.29 is 0 Å². The molecule has 2 nitrogen and oxygen atoms in total. The van der Waals surface area contributed by atoms with Crippen molar-refractivity contribution in [2.24, 2.45) is 0 Å². The second kappa shape index (κ2) is 14.7. The van der Waals surface area contributed by atoms with Gasteiger partial charge in [-0.05, 0) is 18.6 Å². The van der Waals surface area contributed by atoms with Crippen LogP contribution in [0, 0.1) is 3.95 Å². The van der Waals surface area contributed by atoms with Crippen LogP contribution in [0.4, 0.5) is 0 Å². The van der Waals surface area contributed by atoms with Gasteiger partial charge in [0.1, 0.15) is 0 Å². The summed E-state index contributed by atoms with van der Waals surface area (Å²) in [6, 6.07) is 0. The number of rotatable bonds is 15. The van der Waals surface area contributed by atoms with Gasteiger partial charge in [0.25, 0.3) is 0 Å². The van der Waals surface area contributed by atoms with Gasteiger partial charge < -0.3 is 0 Å². The molecule has 0 atom stereocenters. The van der Waals surface area contributed by atoms with Gasteiger partial charge in [0.15, 0.2) is 8.29 Å². The lowest BCUT2D eigenvalue weighted by Crippen LogP contribution is -1.84. The van der Waals surface area contributed by atoms with E-state index in [-0.39, 0.29) is 0 Å². The Morgan fingerprint density at radius 3 is 1.82 bits per heavy atom. The standard InChI is InChI=1S/C17H32N2S3/c1-2-3-4-5-6-7-8-9-10-11-12-13-14-15-21-17-19-18-16(20)22-17/h2-15H2,1H3,(H,18,20). The zero-order chi connectivity index (χ0) is 15.9. The second-order valence-corrected chi connectivity index (χ2v) is 8.98. The fourth-order valence-corrected chi connectivity index (χ4v) is 4.71. The summed E-state index contributed by atoms with van der Waals surface area (Å²) in [5, 5.41) is 7.00. The molecule has 5 heteroatoms. The van der Waals surface area contributed by atoms with Crippen molar-refractivity contribution in [1.29, 1.82) is 0 Å². The molecule has 1 N–H and O–H groups in total. The average Bonchev–Trinajstić information content (AvgIpc) is 2.93. The van der Waals surface area contributed by atoms with Crippen LogP contribution >= 0.6 is 35.3 Å². The highest BCUT2D eigenvalue weighted by Gasteiger charge is 1.98. The summed E-state index contributed by atoms with van der Waals surface area (Å²) in [5.74, 6) is 1.17. The number of aromatic amines is 1. The molecular weight excluding hydrogens is 328 g/mol. The third-order valence-corrected chi connectivity index (χ3v) is 6.21. The Labute approximate surface area is 149 Å². The van der Waals surface area contributed by atoms with E-state index >= 15 is 0 Å². The number of nitrogens with zero attached hydrogens (tertiary/aromatic N) is 1. The Morgan fingerprint density at radius 1 is 0.864 bits per heavy atom. The van der Waals surface area contributed by atoms with Crippen LogP contribution in [0.5, 0.6) is 0 Å². The number of thioether (sulfide) groups is 1. The van der Waals surface area contributed by atoms with Crippen molar-refractivity contribution >= 4 is 35.3 Å². The normalized spacial score (nSPS) is 11.1. The van der Waals surface area contributed by atoms with Crippen molar-refractivity contribution in [1.82, 2.24) is 10.2 Å². The first kappa shape index (κ1) is 20.2. The molecular formula is C17H32N2S3. The summed E-state index contributed by atoms with van der Waals surface area (Å²) in [4.78, 5) is 0. The molecule has 0 bridgehead atoms. The highest BCUT2D eigenvalue weighted by atomic mass is 32.2. The molecule has 1 aromatic heterocycles. The van der Waals surface area contributed by atoms with E-state index in [4.69, 9.17) is 12.2 Å². The third-order valence-electron chi connectivity index (χ3n) is 3.89. The molecule has 0 spiro atoms. The number of unbranched alkanes of at least 4 members (excludes halogenated alkanes) is 12. The summed E-state index contributed by atoms with van der Waals surface area (Å²) in [7, 11) is 0. The smallest absolute Gasteiger partial charge is 0.177 e. The maximum atomic E-state index is 5.03. The zero-order valence-corrected chi connectivity index (χ0v) is 16.5. The van der Waals surface area contributed by atoms with Gasteiger partial charge in [-0.15, -0.1) is 0 Å². The van der Waals surface area contributed by atoms with Gasteiger partial charge in [-0.25, -0.2) is 0 Å². The van der Waals surface area contributed by atoms with E-state index in [2.05, 4.69) is 17.1 Å². The summed E-state index contributed by atoms with van der Waals surface area (Å²) in [5.41, 5.74) is 0.